The van der Waals surface area contributed by atoms with Gasteiger partial charge in [-0.2, -0.15) is 0 Å². The zero-order valence-corrected chi connectivity index (χ0v) is 13.0. The monoisotopic (exact) mass is 340 g/mol. The Kier molecular flexibility index (Phi) is 4.80. The number of hydrogen-bond acceptors (Lipinski definition) is 3. The fourth-order valence-corrected chi connectivity index (χ4v) is 2.25. The Morgan fingerprint density at radius 3 is 2.68 bits per heavy atom. The highest BCUT2D eigenvalue weighted by molar-refractivity contribution is 9.10. The number of ether oxygens (including phenoxy) is 1. The van der Waals surface area contributed by atoms with E-state index in [4.69, 9.17) is 16.3 Å². The lowest BCUT2D eigenvalue weighted by Crippen LogP contribution is -2.13. The predicted molar refractivity (Wildman–Crippen MR) is 80.9 cm³/mol. The van der Waals surface area contributed by atoms with Crippen LogP contribution in [0.2, 0.25) is 5.02 Å². The van der Waals surface area contributed by atoms with Crippen molar-refractivity contribution in [2.24, 2.45) is 0 Å². The number of aromatic nitrogens is 1. The number of rotatable bonds is 4. The molecule has 0 spiro atoms. The summed E-state index contributed by atoms with van der Waals surface area (Å²) in [5.41, 5.74) is 0.969. The second-order valence-electron chi connectivity index (χ2n) is 4.11. The Morgan fingerprint density at radius 1 is 1.32 bits per heavy atom. The van der Waals surface area contributed by atoms with Crippen molar-refractivity contribution < 1.29 is 4.74 Å². The first-order valence-corrected chi connectivity index (χ1v) is 7.03. The summed E-state index contributed by atoms with van der Waals surface area (Å²) in [6, 6.07) is 9.52. The summed E-state index contributed by atoms with van der Waals surface area (Å²) in [6.07, 6.45) is 1.70. The van der Waals surface area contributed by atoms with Gasteiger partial charge < -0.3 is 10.1 Å². The van der Waals surface area contributed by atoms with Gasteiger partial charge in [0.1, 0.15) is 11.5 Å². The van der Waals surface area contributed by atoms with Crippen LogP contribution in [-0.2, 0) is 0 Å². The topological polar surface area (TPSA) is 34.1 Å². The molecule has 1 N–H and O–H groups in total. The van der Waals surface area contributed by atoms with E-state index in [0.717, 1.165) is 10.2 Å². The smallest absolute Gasteiger partial charge is 0.146 e. The molecule has 3 nitrogen and oxygen atoms in total. The minimum absolute atomic E-state index is 0.213. The summed E-state index contributed by atoms with van der Waals surface area (Å²) >= 11 is 9.45. The molecule has 5 heteroatoms. The van der Waals surface area contributed by atoms with E-state index in [0.29, 0.717) is 16.5 Å². The van der Waals surface area contributed by atoms with Gasteiger partial charge in [-0.25, -0.2) is 0 Å². The lowest BCUT2D eigenvalue weighted by molar-refractivity contribution is 0.479. The summed E-state index contributed by atoms with van der Waals surface area (Å²) in [5.74, 6) is 1.28. The first kappa shape index (κ1) is 14.3. The van der Waals surface area contributed by atoms with Crippen LogP contribution in [0.3, 0.4) is 0 Å². The Balaban J connectivity index is 2.15. The molecular formula is C14H14BrClN2O. The molecule has 0 amide bonds. The van der Waals surface area contributed by atoms with Gasteiger partial charge in [0.15, 0.2) is 0 Å². The largest absolute Gasteiger partial charge is 0.454 e. The van der Waals surface area contributed by atoms with Crippen LogP contribution in [0.4, 0.5) is 0 Å². The third kappa shape index (κ3) is 3.69. The average Bonchev–Trinajstić information content (AvgIpc) is 2.42. The van der Waals surface area contributed by atoms with Gasteiger partial charge in [0.25, 0.3) is 0 Å². The van der Waals surface area contributed by atoms with Crippen LogP contribution in [0, 0.1) is 0 Å². The molecule has 100 valence electrons. The molecule has 1 aromatic heterocycles. The minimum Gasteiger partial charge on any atom is -0.454 e. The van der Waals surface area contributed by atoms with E-state index < -0.39 is 0 Å². The Morgan fingerprint density at radius 2 is 2.11 bits per heavy atom. The number of hydrogen-bond donors (Lipinski definition) is 1. The highest BCUT2D eigenvalue weighted by Crippen LogP contribution is 2.31. The van der Waals surface area contributed by atoms with E-state index >= 15 is 0 Å². The Bertz CT molecular complexity index is 560. The molecule has 19 heavy (non-hydrogen) atoms. The third-order valence-electron chi connectivity index (χ3n) is 2.76. The maximum Gasteiger partial charge on any atom is 0.146 e. The van der Waals surface area contributed by atoms with E-state index in [2.05, 4.69) is 33.2 Å². The van der Waals surface area contributed by atoms with E-state index in [1.807, 2.05) is 31.3 Å². The van der Waals surface area contributed by atoms with E-state index in [1.54, 1.807) is 12.3 Å². The number of nitrogens with zero attached hydrogens (tertiary/aromatic N) is 1. The summed E-state index contributed by atoms with van der Waals surface area (Å²) in [5, 5.41) is 3.69. The molecule has 1 unspecified atom stereocenters. The number of pyridine rings is 1. The van der Waals surface area contributed by atoms with Crippen LogP contribution in [0.25, 0.3) is 0 Å². The fraction of sp³-hybridized carbons (Fsp3) is 0.214. The van der Waals surface area contributed by atoms with Crippen molar-refractivity contribution in [3.8, 4) is 11.5 Å². The van der Waals surface area contributed by atoms with Crippen molar-refractivity contribution in [1.82, 2.24) is 10.3 Å². The zero-order valence-electron chi connectivity index (χ0n) is 10.7. The standard InChI is InChI=1S/C14H14BrClN2O/c1-9(17-2)13-5-4-11(8-18-13)19-14-6-3-10(15)7-12(14)16/h3-9,17H,1-2H3. The molecule has 1 aromatic carbocycles. The SMILES string of the molecule is CNC(C)c1ccc(Oc2ccc(Br)cc2Cl)cn1. The summed E-state index contributed by atoms with van der Waals surface area (Å²) in [6.45, 7) is 2.05. The number of benzene rings is 1. The quantitative estimate of drug-likeness (QED) is 0.884. The molecule has 1 atom stereocenters. The Hall–Kier alpha value is -1.10. The van der Waals surface area contributed by atoms with Crippen molar-refractivity contribution in [2.45, 2.75) is 13.0 Å². The molecule has 0 aliphatic carbocycles. The molecule has 0 saturated heterocycles. The zero-order chi connectivity index (χ0) is 13.8. The molecule has 0 radical (unpaired) electrons. The van der Waals surface area contributed by atoms with Crippen molar-refractivity contribution >= 4 is 27.5 Å². The third-order valence-corrected chi connectivity index (χ3v) is 3.55. The summed E-state index contributed by atoms with van der Waals surface area (Å²) < 4.78 is 6.61. The lowest BCUT2D eigenvalue weighted by Gasteiger charge is -2.11. The molecule has 1 heterocycles. The van der Waals surface area contributed by atoms with Gasteiger partial charge in [0.05, 0.1) is 16.9 Å². The first-order valence-electron chi connectivity index (χ1n) is 5.86. The highest BCUT2D eigenvalue weighted by atomic mass is 79.9. The fourth-order valence-electron chi connectivity index (χ4n) is 1.54. The van der Waals surface area contributed by atoms with E-state index in [-0.39, 0.29) is 6.04 Å². The van der Waals surface area contributed by atoms with Crippen LogP contribution in [0.1, 0.15) is 18.7 Å². The van der Waals surface area contributed by atoms with Crippen molar-refractivity contribution in [2.75, 3.05) is 7.05 Å². The molecule has 0 aliphatic heterocycles. The molecule has 2 rings (SSSR count). The van der Waals surface area contributed by atoms with Crippen LogP contribution >= 0.6 is 27.5 Å². The number of halogens is 2. The van der Waals surface area contributed by atoms with E-state index in [9.17, 15) is 0 Å². The average molecular weight is 342 g/mol. The van der Waals surface area contributed by atoms with Gasteiger partial charge >= 0.3 is 0 Å². The maximum absolute atomic E-state index is 6.10. The second kappa shape index (κ2) is 6.37. The van der Waals surface area contributed by atoms with Gasteiger partial charge in [-0.05, 0) is 44.3 Å². The molecular weight excluding hydrogens is 328 g/mol. The van der Waals surface area contributed by atoms with Gasteiger partial charge in [0, 0.05) is 10.5 Å². The number of nitrogens with one attached hydrogen (secondary N) is 1. The van der Waals surface area contributed by atoms with E-state index in [1.165, 1.54) is 0 Å². The van der Waals surface area contributed by atoms with Crippen molar-refractivity contribution in [3.05, 3.63) is 51.7 Å². The second-order valence-corrected chi connectivity index (χ2v) is 5.43. The molecule has 0 fully saturated rings. The predicted octanol–water partition coefficient (Wildman–Crippen LogP) is 4.57. The molecule has 0 saturated carbocycles. The van der Waals surface area contributed by atoms with Gasteiger partial charge in [-0.3, -0.25) is 4.98 Å². The van der Waals surface area contributed by atoms with Crippen LogP contribution in [-0.4, -0.2) is 12.0 Å². The van der Waals surface area contributed by atoms with Crippen molar-refractivity contribution in [1.29, 1.82) is 0 Å². The Labute approximate surface area is 126 Å². The maximum atomic E-state index is 6.10. The van der Waals surface area contributed by atoms with Crippen LogP contribution < -0.4 is 10.1 Å². The summed E-state index contributed by atoms with van der Waals surface area (Å²) in [7, 11) is 1.90. The van der Waals surface area contributed by atoms with Crippen LogP contribution in [0.5, 0.6) is 11.5 Å². The molecule has 2 aromatic rings. The van der Waals surface area contributed by atoms with Crippen LogP contribution in [0.15, 0.2) is 41.0 Å². The first-order chi connectivity index (χ1) is 9.10. The normalized spacial score (nSPS) is 12.2. The minimum atomic E-state index is 0.213. The lowest BCUT2D eigenvalue weighted by atomic mass is 10.2. The van der Waals surface area contributed by atoms with Gasteiger partial charge in [0.2, 0.25) is 0 Å². The van der Waals surface area contributed by atoms with Crippen molar-refractivity contribution in [3.63, 3.8) is 0 Å². The highest BCUT2D eigenvalue weighted by Gasteiger charge is 2.06. The molecule has 0 bridgehead atoms. The molecule has 0 aliphatic rings. The van der Waals surface area contributed by atoms with Gasteiger partial charge in [-0.1, -0.05) is 27.5 Å². The summed E-state index contributed by atoms with van der Waals surface area (Å²) in [4.78, 5) is 4.35. The van der Waals surface area contributed by atoms with Gasteiger partial charge in [-0.15, -0.1) is 0 Å².